The molecule has 0 N–H and O–H groups in total. The van der Waals surface area contributed by atoms with Gasteiger partial charge in [-0.15, -0.1) is 0 Å². The van der Waals surface area contributed by atoms with Crippen molar-refractivity contribution < 1.29 is 14.3 Å². The van der Waals surface area contributed by atoms with Gasteiger partial charge in [-0.05, 0) is 18.9 Å². The van der Waals surface area contributed by atoms with Crippen LogP contribution < -0.4 is 0 Å². The van der Waals surface area contributed by atoms with Crippen molar-refractivity contribution in [2.24, 2.45) is 0 Å². The lowest BCUT2D eigenvalue weighted by atomic mass is 10.0. The molecule has 1 heterocycles. The number of halogens is 3. The Balaban J connectivity index is 2.13. The third-order valence-corrected chi connectivity index (χ3v) is 4.65. The van der Waals surface area contributed by atoms with Crippen LogP contribution in [0.15, 0.2) is 30.5 Å². The molecule has 1 atom stereocenters. The third-order valence-electron chi connectivity index (χ3n) is 3.41. The van der Waals surface area contributed by atoms with Crippen LogP contribution >= 0.6 is 34.8 Å². The number of rotatable bonds is 5. The van der Waals surface area contributed by atoms with Gasteiger partial charge in [0.2, 0.25) is 5.78 Å². The van der Waals surface area contributed by atoms with E-state index in [1.165, 1.54) is 13.1 Å². The maximum Gasteiger partial charge on any atom is 0.359 e. The predicted molar refractivity (Wildman–Crippen MR) is 94.3 cm³/mol. The van der Waals surface area contributed by atoms with E-state index in [4.69, 9.17) is 39.5 Å². The lowest BCUT2D eigenvalue weighted by Crippen LogP contribution is -2.25. The average Bonchev–Trinajstić information content (AvgIpc) is 2.59. The lowest BCUT2D eigenvalue weighted by Gasteiger charge is -2.13. The minimum atomic E-state index is -0.989. The highest BCUT2D eigenvalue weighted by atomic mass is 35.5. The number of ketones is 1. The second kappa shape index (κ2) is 7.97. The first-order valence-electron chi connectivity index (χ1n) is 7.18. The fourth-order valence-electron chi connectivity index (χ4n) is 1.99. The summed E-state index contributed by atoms with van der Waals surface area (Å²) >= 11 is 17.6. The third kappa shape index (κ3) is 4.07. The molecular weight excluding hydrogens is 373 g/mol. The van der Waals surface area contributed by atoms with Gasteiger partial charge >= 0.3 is 5.97 Å². The SMILES string of the molecule is CCc1ccc(C(=O)[C@@H](C)OC(=O)c2ncc(Cl)c(Cl)c2Cl)cc1. The molecule has 0 bridgehead atoms. The number of ether oxygens (including phenoxy) is 1. The van der Waals surface area contributed by atoms with Crippen LogP contribution in [-0.4, -0.2) is 22.8 Å². The maximum absolute atomic E-state index is 12.3. The fourth-order valence-corrected chi connectivity index (χ4v) is 2.55. The molecule has 2 aromatic rings. The van der Waals surface area contributed by atoms with E-state index in [9.17, 15) is 9.59 Å². The van der Waals surface area contributed by atoms with E-state index in [-0.39, 0.29) is 26.5 Å². The smallest absolute Gasteiger partial charge is 0.359 e. The first-order chi connectivity index (χ1) is 11.3. The van der Waals surface area contributed by atoms with Gasteiger partial charge in [0.25, 0.3) is 0 Å². The normalized spacial score (nSPS) is 11.9. The highest BCUT2D eigenvalue weighted by molar-refractivity contribution is 6.48. The fraction of sp³-hybridized carbons (Fsp3) is 0.235. The summed E-state index contributed by atoms with van der Waals surface area (Å²) in [5.74, 6) is -1.16. The molecule has 0 spiro atoms. The van der Waals surface area contributed by atoms with E-state index < -0.39 is 12.1 Å². The molecule has 0 unspecified atom stereocenters. The van der Waals surface area contributed by atoms with E-state index >= 15 is 0 Å². The summed E-state index contributed by atoms with van der Waals surface area (Å²) < 4.78 is 5.15. The minimum absolute atomic E-state index is 0.00872. The summed E-state index contributed by atoms with van der Waals surface area (Å²) in [7, 11) is 0. The van der Waals surface area contributed by atoms with Crippen LogP contribution in [-0.2, 0) is 11.2 Å². The Hall–Kier alpha value is -1.62. The van der Waals surface area contributed by atoms with Gasteiger partial charge in [0.1, 0.15) is 0 Å². The maximum atomic E-state index is 12.3. The number of esters is 1. The van der Waals surface area contributed by atoms with E-state index in [0.717, 1.165) is 12.0 Å². The molecule has 1 aromatic heterocycles. The van der Waals surface area contributed by atoms with Crippen molar-refractivity contribution in [3.05, 3.63) is 62.4 Å². The standard InChI is InChI=1S/C17H14Cl3NO3/c1-3-10-4-6-11(7-5-10)16(22)9(2)24-17(23)15-14(20)13(19)12(18)8-21-15/h4-9H,3H2,1-2H3/t9-/m1/s1. The van der Waals surface area contributed by atoms with E-state index in [1.807, 2.05) is 19.1 Å². The molecule has 0 fully saturated rings. The summed E-state index contributed by atoms with van der Waals surface area (Å²) in [6.45, 7) is 3.51. The summed E-state index contributed by atoms with van der Waals surface area (Å²) in [5.41, 5.74) is 1.38. The van der Waals surface area contributed by atoms with Gasteiger partial charge in [-0.2, -0.15) is 0 Å². The zero-order chi connectivity index (χ0) is 17.9. The number of benzene rings is 1. The summed E-state index contributed by atoms with van der Waals surface area (Å²) in [5, 5.41) is 0.0221. The molecule has 4 nitrogen and oxygen atoms in total. The molecule has 0 radical (unpaired) electrons. The Bertz CT molecular complexity index is 775. The Morgan fingerprint density at radius 3 is 2.33 bits per heavy atom. The van der Waals surface area contributed by atoms with Crippen molar-refractivity contribution in [1.82, 2.24) is 4.98 Å². The highest BCUT2D eigenvalue weighted by Crippen LogP contribution is 2.31. The van der Waals surface area contributed by atoms with Crippen LogP contribution in [0.5, 0.6) is 0 Å². The van der Waals surface area contributed by atoms with Crippen LogP contribution in [0.25, 0.3) is 0 Å². The summed E-state index contributed by atoms with van der Waals surface area (Å²) in [6, 6.07) is 7.13. The number of hydrogen-bond acceptors (Lipinski definition) is 4. The molecular formula is C17H14Cl3NO3. The zero-order valence-electron chi connectivity index (χ0n) is 13.0. The molecule has 126 valence electrons. The number of aromatic nitrogens is 1. The molecule has 24 heavy (non-hydrogen) atoms. The Morgan fingerprint density at radius 1 is 1.12 bits per heavy atom. The number of aryl methyl sites for hydroxylation is 1. The number of carbonyl (C=O) groups excluding carboxylic acids is 2. The predicted octanol–water partition coefficient (Wildman–Crippen LogP) is 5.03. The van der Waals surface area contributed by atoms with Crippen LogP contribution in [0.2, 0.25) is 15.1 Å². The van der Waals surface area contributed by atoms with Crippen LogP contribution in [0.1, 0.15) is 40.3 Å². The number of carbonyl (C=O) groups is 2. The topological polar surface area (TPSA) is 56.3 Å². The van der Waals surface area contributed by atoms with Crippen LogP contribution in [0.4, 0.5) is 0 Å². The lowest BCUT2D eigenvalue weighted by molar-refractivity contribution is 0.0313. The van der Waals surface area contributed by atoms with Gasteiger partial charge < -0.3 is 4.74 Å². The van der Waals surface area contributed by atoms with Crippen LogP contribution in [0, 0.1) is 0 Å². The molecule has 2 rings (SSSR count). The number of nitrogens with zero attached hydrogens (tertiary/aromatic N) is 1. The number of Topliss-reactive ketones (excluding diaryl/α,β-unsaturated/α-hetero) is 1. The monoisotopic (exact) mass is 385 g/mol. The van der Waals surface area contributed by atoms with Crippen molar-refractivity contribution in [2.45, 2.75) is 26.4 Å². The van der Waals surface area contributed by atoms with Gasteiger partial charge in [0, 0.05) is 11.8 Å². The molecule has 1 aromatic carbocycles. The molecule has 0 aliphatic rings. The second-order valence-corrected chi connectivity index (χ2v) is 6.21. The highest BCUT2D eigenvalue weighted by Gasteiger charge is 2.24. The van der Waals surface area contributed by atoms with Crippen molar-refractivity contribution in [2.75, 3.05) is 0 Å². The second-order valence-electron chi connectivity index (χ2n) is 5.04. The van der Waals surface area contributed by atoms with Gasteiger partial charge in [0.15, 0.2) is 11.8 Å². The molecule has 0 saturated carbocycles. The Kier molecular flexibility index (Phi) is 6.21. The van der Waals surface area contributed by atoms with Crippen molar-refractivity contribution in [1.29, 1.82) is 0 Å². The van der Waals surface area contributed by atoms with E-state index in [2.05, 4.69) is 4.98 Å². The summed E-state index contributed by atoms with van der Waals surface area (Å²) in [4.78, 5) is 28.3. The number of hydrogen-bond donors (Lipinski definition) is 0. The summed E-state index contributed by atoms with van der Waals surface area (Å²) in [6.07, 6.45) is 1.08. The van der Waals surface area contributed by atoms with Crippen molar-refractivity contribution in [3.63, 3.8) is 0 Å². The molecule has 0 aliphatic carbocycles. The first-order valence-corrected chi connectivity index (χ1v) is 8.32. The largest absolute Gasteiger partial charge is 0.449 e. The molecule has 0 saturated heterocycles. The van der Waals surface area contributed by atoms with E-state index in [1.54, 1.807) is 12.1 Å². The van der Waals surface area contributed by atoms with Gasteiger partial charge in [-0.3, -0.25) is 4.79 Å². The molecule has 0 amide bonds. The van der Waals surface area contributed by atoms with Crippen LogP contribution in [0.3, 0.4) is 0 Å². The van der Waals surface area contributed by atoms with Crippen molar-refractivity contribution >= 4 is 46.6 Å². The van der Waals surface area contributed by atoms with Gasteiger partial charge in [-0.1, -0.05) is 66.0 Å². The minimum Gasteiger partial charge on any atom is -0.449 e. The Morgan fingerprint density at radius 2 is 1.75 bits per heavy atom. The molecule has 0 aliphatic heterocycles. The number of pyridine rings is 1. The first kappa shape index (κ1) is 18.7. The Labute approximate surface area is 154 Å². The van der Waals surface area contributed by atoms with Crippen molar-refractivity contribution in [3.8, 4) is 0 Å². The van der Waals surface area contributed by atoms with Gasteiger partial charge in [-0.25, -0.2) is 9.78 Å². The average molecular weight is 387 g/mol. The quantitative estimate of drug-likeness (QED) is 0.534. The molecule has 7 heteroatoms. The zero-order valence-corrected chi connectivity index (χ0v) is 15.2. The van der Waals surface area contributed by atoms with Gasteiger partial charge in [0.05, 0.1) is 15.1 Å². The van der Waals surface area contributed by atoms with E-state index in [0.29, 0.717) is 5.56 Å².